The third-order valence-corrected chi connectivity index (χ3v) is 2.58. The van der Waals surface area contributed by atoms with Crippen LogP contribution in [0, 0.1) is 0 Å². The monoisotopic (exact) mass is 229 g/mol. The molecule has 0 aliphatic rings. The van der Waals surface area contributed by atoms with E-state index in [0.717, 1.165) is 17.0 Å². The molecule has 0 fully saturated rings. The summed E-state index contributed by atoms with van der Waals surface area (Å²) in [6.07, 6.45) is 1.62. The minimum atomic E-state index is -0.235. The van der Waals surface area contributed by atoms with E-state index in [0.29, 0.717) is 0 Å². The summed E-state index contributed by atoms with van der Waals surface area (Å²) >= 11 is 0. The van der Waals surface area contributed by atoms with E-state index >= 15 is 0 Å². The lowest BCUT2D eigenvalue weighted by molar-refractivity contribution is 0.269. The van der Waals surface area contributed by atoms with Crippen LogP contribution in [0.15, 0.2) is 58.1 Å². The summed E-state index contributed by atoms with van der Waals surface area (Å²) in [6, 6.07) is 13.2. The van der Waals surface area contributed by atoms with Crippen molar-refractivity contribution >= 4 is 5.71 Å². The lowest BCUT2D eigenvalue weighted by Crippen LogP contribution is -2.05. The zero-order valence-electron chi connectivity index (χ0n) is 9.71. The van der Waals surface area contributed by atoms with Crippen LogP contribution in [0.25, 0.3) is 0 Å². The Bertz CT molecular complexity index is 474. The van der Waals surface area contributed by atoms with Gasteiger partial charge in [-0.1, -0.05) is 30.3 Å². The minimum Gasteiger partial charge on any atom is -0.463 e. The quantitative estimate of drug-likeness (QED) is 0.819. The molecule has 1 atom stereocenters. The average Bonchev–Trinajstić information content (AvgIpc) is 2.90. The van der Waals surface area contributed by atoms with Gasteiger partial charge in [-0.15, -0.1) is 0 Å². The van der Waals surface area contributed by atoms with Crippen molar-refractivity contribution in [2.24, 2.45) is 4.99 Å². The second-order valence-electron chi connectivity index (χ2n) is 3.80. The van der Waals surface area contributed by atoms with Crippen LogP contribution in [-0.4, -0.2) is 17.4 Å². The van der Waals surface area contributed by atoms with Crippen LogP contribution in [0.2, 0.25) is 0 Å². The molecule has 2 rings (SSSR count). The molecule has 0 aliphatic heterocycles. The fourth-order valence-electron chi connectivity index (χ4n) is 1.68. The third kappa shape index (κ3) is 2.82. The Hall–Kier alpha value is -1.87. The van der Waals surface area contributed by atoms with Crippen LogP contribution in [-0.2, 0) is 0 Å². The molecule has 0 bridgehead atoms. The fraction of sp³-hybridized carbons (Fsp3) is 0.214. The highest BCUT2D eigenvalue weighted by Gasteiger charge is 2.09. The molecule has 0 unspecified atom stereocenters. The van der Waals surface area contributed by atoms with Crippen LogP contribution < -0.4 is 0 Å². The molecular weight excluding hydrogens is 214 g/mol. The summed E-state index contributed by atoms with van der Waals surface area (Å²) in [5.41, 5.74) is 1.79. The van der Waals surface area contributed by atoms with Gasteiger partial charge in [0.1, 0.15) is 5.76 Å². The predicted molar refractivity (Wildman–Crippen MR) is 67.2 cm³/mol. The smallest absolute Gasteiger partial charge is 0.147 e. The first-order valence-electron chi connectivity index (χ1n) is 5.55. The maximum absolute atomic E-state index is 9.39. The number of furan rings is 1. The van der Waals surface area contributed by atoms with Crippen molar-refractivity contribution in [3.63, 3.8) is 0 Å². The zero-order valence-corrected chi connectivity index (χ0v) is 9.71. The molecule has 3 heteroatoms. The van der Waals surface area contributed by atoms with Crippen molar-refractivity contribution in [2.45, 2.75) is 13.0 Å². The van der Waals surface area contributed by atoms with Crippen LogP contribution >= 0.6 is 0 Å². The molecule has 0 spiro atoms. The van der Waals surface area contributed by atoms with Crippen molar-refractivity contribution in [1.82, 2.24) is 0 Å². The summed E-state index contributed by atoms with van der Waals surface area (Å²) in [5, 5.41) is 9.39. The van der Waals surface area contributed by atoms with Gasteiger partial charge in [-0.05, 0) is 24.6 Å². The highest BCUT2D eigenvalue weighted by molar-refractivity contribution is 5.96. The molecule has 0 amide bonds. The van der Waals surface area contributed by atoms with Crippen LogP contribution in [0.5, 0.6) is 0 Å². The topological polar surface area (TPSA) is 45.7 Å². The van der Waals surface area contributed by atoms with Crippen molar-refractivity contribution in [3.8, 4) is 0 Å². The van der Waals surface area contributed by atoms with Gasteiger partial charge in [0, 0.05) is 0 Å². The van der Waals surface area contributed by atoms with E-state index in [-0.39, 0.29) is 12.6 Å². The van der Waals surface area contributed by atoms with E-state index in [4.69, 9.17) is 4.42 Å². The summed E-state index contributed by atoms with van der Waals surface area (Å²) in [7, 11) is 0. The normalized spacial score (nSPS) is 13.6. The van der Waals surface area contributed by atoms with Gasteiger partial charge in [0.2, 0.25) is 0 Å². The first-order chi connectivity index (χ1) is 8.31. The number of nitrogens with zero attached hydrogens (tertiary/aromatic N) is 1. The predicted octanol–water partition coefficient (Wildman–Crippen LogP) is 2.82. The minimum absolute atomic E-state index is 0.0118. The molecule has 2 aromatic rings. The van der Waals surface area contributed by atoms with Gasteiger partial charge in [0.05, 0.1) is 24.6 Å². The molecule has 0 radical (unpaired) electrons. The number of aliphatic hydroxyl groups excluding tert-OH is 1. The zero-order chi connectivity index (χ0) is 12.1. The van der Waals surface area contributed by atoms with E-state index in [2.05, 4.69) is 4.99 Å². The highest BCUT2D eigenvalue weighted by Crippen LogP contribution is 2.17. The maximum atomic E-state index is 9.39. The Balaban J connectivity index is 2.23. The van der Waals surface area contributed by atoms with Gasteiger partial charge in [-0.2, -0.15) is 0 Å². The number of rotatable bonds is 4. The van der Waals surface area contributed by atoms with Crippen LogP contribution in [0.4, 0.5) is 0 Å². The SMILES string of the molecule is CC(=N[C@H](CO)c1ccccc1)c1ccco1. The van der Waals surface area contributed by atoms with Gasteiger partial charge in [-0.3, -0.25) is 4.99 Å². The largest absolute Gasteiger partial charge is 0.463 e. The van der Waals surface area contributed by atoms with Crippen molar-refractivity contribution in [1.29, 1.82) is 0 Å². The van der Waals surface area contributed by atoms with Crippen molar-refractivity contribution in [2.75, 3.05) is 6.61 Å². The van der Waals surface area contributed by atoms with E-state index in [1.807, 2.05) is 49.4 Å². The number of hydrogen-bond acceptors (Lipinski definition) is 3. The molecule has 0 saturated carbocycles. The van der Waals surface area contributed by atoms with Gasteiger partial charge >= 0.3 is 0 Å². The first-order valence-corrected chi connectivity index (χ1v) is 5.55. The second-order valence-corrected chi connectivity index (χ2v) is 3.80. The van der Waals surface area contributed by atoms with Crippen molar-refractivity contribution in [3.05, 3.63) is 60.1 Å². The van der Waals surface area contributed by atoms with Gasteiger partial charge in [0.15, 0.2) is 0 Å². The molecule has 3 nitrogen and oxygen atoms in total. The summed E-state index contributed by atoms with van der Waals surface area (Å²) in [5.74, 6) is 0.736. The van der Waals surface area contributed by atoms with Crippen LogP contribution in [0.1, 0.15) is 24.3 Å². The fourth-order valence-corrected chi connectivity index (χ4v) is 1.68. The van der Waals surface area contributed by atoms with E-state index in [1.54, 1.807) is 6.26 Å². The molecule has 1 N–H and O–H groups in total. The van der Waals surface area contributed by atoms with E-state index < -0.39 is 0 Å². The third-order valence-electron chi connectivity index (χ3n) is 2.58. The van der Waals surface area contributed by atoms with E-state index in [9.17, 15) is 5.11 Å². The number of hydrogen-bond donors (Lipinski definition) is 1. The molecule has 1 aromatic heterocycles. The number of aliphatic hydroxyl groups is 1. The van der Waals surface area contributed by atoms with Crippen molar-refractivity contribution < 1.29 is 9.52 Å². The highest BCUT2D eigenvalue weighted by atomic mass is 16.3. The number of aliphatic imine (C=N–C) groups is 1. The standard InChI is InChI=1S/C14H15NO2/c1-11(14-8-5-9-17-14)15-13(10-16)12-6-3-2-4-7-12/h2-9,13,16H,10H2,1H3/t13-/m1/s1. The Morgan fingerprint density at radius 3 is 2.59 bits per heavy atom. The second kappa shape index (κ2) is 5.46. The summed E-state index contributed by atoms with van der Waals surface area (Å²) in [4.78, 5) is 4.48. The Kier molecular flexibility index (Phi) is 3.73. The lowest BCUT2D eigenvalue weighted by atomic mass is 10.1. The first kappa shape index (κ1) is 11.6. The molecule has 0 aliphatic carbocycles. The molecular formula is C14H15NO2. The van der Waals surface area contributed by atoms with Gasteiger partial charge < -0.3 is 9.52 Å². The number of benzene rings is 1. The molecule has 0 saturated heterocycles. The Labute approximate surface area is 100 Å². The molecule has 88 valence electrons. The molecule has 1 heterocycles. The summed E-state index contributed by atoms with van der Waals surface area (Å²) in [6.45, 7) is 1.87. The van der Waals surface area contributed by atoms with Gasteiger partial charge in [0.25, 0.3) is 0 Å². The average molecular weight is 229 g/mol. The maximum Gasteiger partial charge on any atom is 0.147 e. The lowest BCUT2D eigenvalue weighted by Gasteiger charge is -2.10. The van der Waals surface area contributed by atoms with E-state index in [1.165, 1.54) is 0 Å². The molecule has 17 heavy (non-hydrogen) atoms. The van der Waals surface area contributed by atoms with Gasteiger partial charge in [-0.25, -0.2) is 0 Å². The Morgan fingerprint density at radius 2 is 2.00 bits per heavy atom. The Morgan fingerprint density at radius 1 is 1.24 bits per heavy atom. The summed E-state index contributed by atoms with van der Waals surface area (Å²) < 4.78 is 5.26. The molecule has 1 aromatic carbocycles. The van der Waals surface area contributed by atoms with Crippen LogP contribution in [0.3, 0.4) is 0 Å².